The van der Waals surface area contributed by atoms with Crippen LogP contribution in [0.2, 0.25) is 0 Å². The number of alkyl halides is 3. The second-order valence-corrected chi connectivity index (χ2v) is 5.39. The quantitative estimate of drug-likeness (QED) is 0.705. The molecule has 1 heterocycles. The van der Waals surface area contributed by atoms with Crippen LogP contribution in [0.3, 0.4) is 0 Å². The monoisotopic (exact) mass is 250 g/mol. The first-order valence-corrected chi connectivity index (χ1v) is 6.46. The molecule has 0 unspecified atom stereocenters. The van der Waals surface area contributed by atoms with Gasteiger partial charge in [-0.25, -0.2) is 0 Å². The Labute approximate surface area is 101 Å². The van der Waals surface area contributed by atoms with Crippen molar-refractivity contribution < 1.29 is 13.2 Å². The second-order valence-electron chi connectivity index (χ2n) is 5.39. The molecular weight excluding hydrogens is 229 g/mol. The van der Waals surface area contributed by atoms with Crippen molar-refractivity contribution in [3.63, 3.8) is 0 Å². The number of nitrogens with zero attached hydrogens (tertiary/aromatic N) is 2. The molecule has 2 nitrogen and oxygen atoms in total. The van der Waals surface area contributed by atoms with Crippen molar-refractivity contribution in [2.24, 2.45) is 5.92 Å². The predicted octanol–water partition coefficient (Wildman–Crippen LogP) is 2.35. The fourth-order valence-electron chi connectivity index (χ4n) is 2.96. The summed E-state index contributed by atoms with van der Waals surface area (Å²) in [4.78, 5) is 4.66. The van der Waals surface area contributed by atoms with Gasteiger partial charge in [0.1, 0.15) is 0 Å². The summed E-state index contributed by atoms with van der Waals surface area (Å²) >= 11 is 0. The van der Waals surface area contributed by atoms with Crippen molar-refractivity contribution in [2.75, 3.05) is 33.2 Å². The fraction of sp³-hybridized carbons (Fsp3) is 1.00. The zero-order chi connectivity index (χ0) is 12.5. The Morgan fingerprint density at radius 2 is 1.41 bits per heavy atom. The van der Waals surface area contributed by atoms with Gasteiger partial charge in [0, 0.05) is 32.2 Å². The lowest BCUT2D eigenvalue weighted by Gasteiger charge is -2.41. The van der Waals surface area contributed by atoms with Crippen molar-refractivity contribution in [2.45, 2.75) is 37.9 Å². The first kappa shape index (κ1) is 13.1. The summed E-state index contributed by atoms with van der Waals surface area (Å²) in [6.07, 6.45) is -1.91. The maximum absolute atomic E-state index is 12.5. The molecule has 0 aromatic rings. The Hall–Kier alpha value is -0.290. The van der Waals surface area contributed by atoms with Crippen LogP contribution in [0.25, 0.3) is 0 Å². The Morgan fingerprint density at radius 1 is 0.882 bits per heavy atom. The molecule has 0 aromatic carbocycles. The van der Waals surface area contributed by atoms with Gasteiger partial charge in [0.05, 0.1) is 5.92 Å². The standard InChI is InChI=1S/C12H21F3N2/c1-16-6-8-17(9-7-16)11-4-2-10(3-5-11)12(13,14)15/h10-11H,2-9H2,1H3. The lowest BCUT2D eigenvalue weighted by atomic mass is 9.84. The van der Waals surface area contributed by atoms with Crippen molar-refractivity contribution in [3.8, 4) is 0 Å². The number of hydrogen-bond acceptors (Lipinski definition) is 2. The van der Waals surface area contributed by atoms with Crippen LogP contribution >= 0.6 is 0 Å². The van der Waals surface area contributed by atoms with Gasteiger partial charge in [0.15, 0.2) is 0 Å². The van der Waals surface area contributed by atoms with Gasteiger partial charge in [-0.05, 0) is 32.7 Å². The van der Waals surface area contributed by atoms with Crippen molar-refractivity contribution >= 4 is 0 Å². The van der Waals surface area contributed by atoms with Crippen LogP contribution in [0.1, 0.15) is 25.7 Å². The maximum Gasteiger partial charge on any atom is 0.391 e. The number of hydrogen-bond donors (Lipinski definition) is 0. The van der Waals surface area contributed by atoms with E-state index in [2.05, 4.69) is 16.8 Å². The van der Waals surface area contributed by atoms with Gasteiger partial charge < -0.3 is 4.90 Å². The molecular formula is C12H21F3N2. The molecule has 0 amide bonds. The number of rotatable bonds is 1. The van der Waals surface area contributed by atoms with Crippen LogP contribution in [-0.4, -0.2) is 55.2 Å². The van der Waals surface area contributed by atoms with Crippen LogP contribution < -0.4 is 0 Å². The minimum atomic E-state index is -3.98. The third-order valence-electron chi connectivity index (χ3n) is 4.21. The van der Waals surface area contributed by atoms with Crippen molar-refractivity contribution in [1.29, 1.82) is 0 Å². The molecule has 100 valence electrons. The minimum Gasteiger partial charge on any atom is -0.304 e. The maximum atomic E-state index is 12.5. The van der Waals surface area contributed by atoms with E-state index in [4.69, 9.17) is 0 Å². The van der Waals surface area contributed by atoms with Crippen LogP contribution in [0.5, 0.6) is 0 Å². The van der Waals surface area contributed by atoms with Crippen LogP contribution in [0.15, 0.2) is 0 Å². The zero-order valence-electron chi connectivity index (χ0n) is 10.3. The highest BCUT2D eigenvalue weighted by Crippen LogP contribution is 2.38. The molecule has 2 fully saturated rings. The third-order valence-corrected chi connectivity index (χ3v) is 4.21. The Bertz CT molecular complexity index is 239. The first-order valence-electron chi connectivity index (χ1n) is 6.46. The molecule has 0 radical (unpaired) electrons. The first-order chi connectivity index (χ1) is 7.97. The average molecular weight is 250 g/mol. The molecule has 0 bridgehead atoms. The zero-order valence-corrected chi connectivity index (χ0v) is 10.3. The smallest absolute Gasteiger partial charge is 0.304 e. The topological polar surface area (TPSA) is 6.48 Å². The van der Waals surface area contributed by atoms with Gasteiger partial charge in [-0.2, -0.15) is 13.2 Å². The van der Waals surface area contributed by atoms with Crippen LogP contribution in [-0.2, 0) is 0 Å². The van der Waals surface area contributed by atoms with Gasteiger partial charge in [-0.1, -0.05) is 0 Å². The summed E-state index contributed by atoms with van der Waals surface area (Å²) in [6.45, 7) is 4.11. The summed E-state index contributed by atoms with van der Waals surface area (Å²) in [5.41, 5.74) is 0. The molecule has 1 saturated carbocycles. The van der Waals surface area contributed by atoms with E-state index in [1.165, 1.54) is 0 Å². The van der Waals surface area contributed by atoms with Crippen molar-refractivity contribution in [1.82, 2.24) is 9.80 Å². The molecule has 0 N–H and O–H groups in total. The Morgan fingerprint density at radius 3 is 1.88 bits per heavy atom. The molecule has 1 aliphatic carbocycles. The lowest BCUT2D eigenvalue weighted by molar-refractivity contribution is -0.184. The van der Waals surface area contributed by atoms with Gasteiger partial charge in [0.25, 0.3) is 0 Å². The summed E-state index contributed by atoms with van der Waals surface area (Å²) in [5.74, 6) is -1.05. The average Bonchev–Trinajstić information content (AvgIpc) is 2.29. The molecule has 2 rings (SSSR count). The van der Waals surface area contributed by atoms with E-state index in [1.54, 1.807) is 0 Å². The largest absolute Gasteiger partial charge is 0.391 e. The second kappa shape index (κ2) is 5.14. The van der Waals surface area contributed by atoms with Crippen LogP contribution in [0.4, 0.5) is 13.2 Å². The highest BCUT2D eigenvalue weighted by Gasteiger charge is 2.42. The SMILES string of the molecule is CN1CCN(C2CCC(C(F)(F)F)CC2)CC1. The highest BCUT2D eigenvalue weighted by molar-refractivity contribution is 4.84. The third kappa shape index (κ3) is 3.35. The highest BCUT2D eigenvalue weighted by atomic mass is 19.4. The van der Waals surface area contributed by atoms with E-state index < -0.39 is 12.1 Å². The molecule has 2 aliphatic rings. The number of piperazine rings is 1. The summed E-state index contributed by atoms with van der Waals surface area (Å²) < 4.78 is 37.6. The Balaban J connectivity index is 1.79. The summed E-state index contributed by atoms with van der Waals surface area (Å²) in [7, 11) is 2.10. The molecule has 0 spiro atoms. The van der Waals surface area contributed by atoms with E-state index in [-0.39, 0.29) is 0 Å². The van der Waals surface area contributed by atoms with Crippen molar-refractivity contribution in [3.05, 3.63) is 0 Å². The van der Waals surface area contributed by atoms with Crippen LogP contribution in [0, 0.1) is 5.92 Å². The van der Waals surface area contributed by atoms with E-state index in [1.807, 2.05) is 0 Å². The Kier molecular flexibility index (Phi) is 3.98. The van der Waals surface area contributed by atoms with E-state index in [0.29, 0.717) is 31.7 Å². The fourth-order valence-corrected chi connectivity index (χ4v) is 2.96. The molecule has 0 aromatic heterocycles. The van der Waals surface area contributed by atoms with Gasteiger partial charge >= 0.3 is 6.18 Å². The normalized spacial score (nSPS) is 33.9. The summed E-state index contributed by atoms with van der Waals surface area (Å²) in [5, 5.41) is 0. The minimum absolute atomic E-state index is 0.320. The van der Waals surface area contributed by atoms with E-state index in [9.17, 15) is 13.2 Å². The molecule has 1 aliphatic heterocycles. The van der Waals surface area contributed by atoms with Gasteiger partial charge in [-0.3, -0.25) is 4.90 Å². The molecule has 17 heavy (non-hydrogen) atoms. The molecule has 0 atom stereocenters. The molecule has 5 heteroatoms. The number of halogens is 3. The van der Waals surface area contributed by atoms with E-state index in [0.717, 1.165) is 26.2 Å². The number of likely N-dealkylation sites (N-methyl/N-ethyl adjacent to an activating group) is 1. The van der Waals surface area contributed by atoms with Gasteiger partial charge in [-0.15, -0.1) is 0 Å². The predicted molar refractivity (Wildman–Crippen MR) is 60.9 cm³/mol. The molecule has 1 saturated heterocycles. The van der Waals surface area contributed by atoms with E-state index >= 15 is 0 Å². The lowest BCUT2D eigenvalue weighted by Crippen LogP contribution is -2.50. The van der Waals surface area contributed by atoms with Gasteiger partial charge in [0.2, 0.25) is 0 Å². The summed E-state index contributed by atoms with van der Waals surface area (Å²) in [6, 6.07) is 0.391.